The lowest BCUT2D eigenvalue weighted by Gasteiger charge is -2.29. The van der Waals surface area contributed by atoms with Crippen molar-refractivity contribution in [1.82, 2.24) is 36.6 Å². The highest BCUT2D eigenvalue weighted by Gasteiger charge is 2.31. The molecule has 52 heavy (non-hydrogen) atoms. The Labute approximate surface area is 305 Å². The monoisotopic (exact) mass is 712 g/mol. The van der Waals surface area contributed by atoms with Gasteiger partial charge < -0.3 is 36.8 Å². The first-order valence-corrected chi connectivity index (χ1v) is 17.8. The number of aromatic nitrogens is 3. The summed E-state index contributed by atoms with van der Waals surface area (Å²) in [7, 11) is 0. The van der Waals surface area contributed by atoms with Crippen LogP contribution in [0.3, 0.4) is 0 Å². The van der Waals surface area contributed by atoms with Gasteiger partial charge in [-0.2, -0.15) is 4.73 Å². The third kappa shape index (κ3) is 11.9. The maximum absolute atomic E-state index is 13.8. The number of carbonyl (C=O) groups is 4. The Morgan fingerprint density at radius 3 is 2.13 bits per heavy atom. The predicted molar refractivity (Wildman–Crippen MR) is 200 cm³/mol. The Bertz CT molecular complexity index is 1750. The van der Waals surface area contributed by atoms with E-state index >= 15 is 0 Å². The van der Waals surface area contributed by atoms with Gasteiger partial charge in [-0.1, -0.05) is 76.6 Å². The minimum atomic E-state index is -0.928. The molecule has 4 amide bonds. The minimum absolute atomic E-state index is 0.219. The Morgan fingerprint density at radius 1 is 0.827 bits per heavy atom. The Balaban J connectivity index is 1.42. The third-order valence-corrected chi connectivity index (χ3v) is 8.62. The molecular weight excluding hydrogens is 660 g/mol. The molecule has 2 aromatic heterocycles. The molecular formula is C39H52N8O5. The van der Waals surface area contributed by atoms with E-state index in [-0.39, 0.29) is 35.4 Å². The van der Waals surface area contributed by atoms with Crippen LogP contribution in [0.5, 0.6) is 0 Å². The number of hydrogen-bond donors (Lipinski definition) is 6. The number of H-pyrrole nitrogens is 1. The number of benzene rings is 2. The Kier molecular flexibility index (Phi) is 13.9. The van der Waals surface area contributed by atoms with Gasteiger partial charge >= 0.3 is 0 Å². The maximum Gasteiger partial charge on any atom is 0.252 e. The van der Waals surface area contributed by atoms with Crippen molar-refractivity contribution in [3.05, 3.63) is 101 Å². The van der Waals surface area contributed by atoms with E-state index in [2.05, 4.69) is 36.6 Å². The lowest BCUT2D eigenvalue weighted by molar-refractivity contribution is -0.605. The molecule has 2 aromatic carbocycles. The number of amides is 4. The fourth-order valence-electron chi connectivity index (χ4n) is 5.83. The molecule has 0 radical (unpaired) electrons. The number of imidazole rings is 1. The molecule has 0 spiro atoms. The van der Waals surface area contributed by atoms with E-state index in [1.54, 1.807) is 6.92 Å². The molecule has 0 saturated carbocycles. The van der Waals surface area contributed by atoms with Gasteiger partial charge in [0.2, 0.25) is 17.7 Å². The highest BCUT2D eigenvalue weighted by atomic mass is 16.5. The van der Waals surface area contributed by atoms with Gasteiger partial charge in [0.1, 0.15) is 17.9 Å². The molecule has 0 aliphatic rings. The van der Waals surface area contributed by atoms with Crippen LogP contribution in [0.4, 0.5) is 0 Å². The minimum Gasteiger partial charge on any atom is -0.619 e. The summed E-state index contributed by atoms with van der Waals surface area (Å²) in [5.41, 5.74) is 2.62. The zero-order chi connectivity index (χ0) is 37.8. The molecule has 2 heterocycles. The van der Waals surface area contributed by atoms with E-state index in [0.29, 0.717) is 36.2 Å². The van der Waals surface area contributed by atoms with Crippen molar-refractivity contribution in [2.75, 3.05) is 6.54 Å². The van der Waals surface area contributed by atoms with Crippen LogP contribution in [-0.4, -0.2) is 64.3 Å². The molecule has 278 valence electrons. The fraction of sp³-hybridized carbons (Fsp3) is 0.436. The smallest absolute Gasteiger partial charge is 0.252 e. The van der Waals surface area contributed by atoms with Gasteiger partial charge in [0.25, 0.3) is 5.91 Å². The molecule has 0 bridgehead atoms. The summed E-state index contributed by atoms with van der Waals surface area (Å²) < 4.78 is 0.574. The molecule has 0 aliphatic carbocycles. The normalized spacial score (nSPS) is 14.4. The van der Waals surface area contributed by atoms with E-state index in [0.717, 1.165) is 16.6 Å². The highest BCUT2D eigenvalue weighted by Crippen LogP contribution is 2.22. The molecule has 0 saturated heterocycles. The number of pyridine rings is 1. The van der Waals surface area contributed by atoms with Crippen LogP contribution < -0.4 is 31.3 Å². The van der Waals surface area contributed by atoms with Crippen molar-refractivity contribution >= 4 is 34.7 Å². The second-order valence-electron chi connectivity index (χ2n) is 14.5. The molecule has 4 rings (SSSR count). The van der Waals surface area contributed by atoms with Crippen LogP contribution in [0.2, 0.25) is 0 Å². The van der Waals surface area contributed by atoms with Crippen LogP contribution >= 0.6 is 0 Å². The van der Waals surface area contributed by atoms with Crippen molar-refractivity contribution in [3.63, 3.8) is 0 Å². The summed E-state index contributed by atoms with van der Waals surface area (Å²) in [5, 5.41) is 26.5. The van der Waals surface area contributed by atoms with Crippen molar-refractivity contribution in [2.45, 2.75) is 97.4 Å². The topological polar surface area (TPSA) is 184 Å². The van der Waals surface area contributed by atoms with Crippen molar-refractivity contribution < 1.29 is 23.9 Å². The van der Waals surface area contributed by atoms with E-state index < -0.39 is 36.0 Å². The predicted octanol–water partition coefficient (Wildman–Crippen LogP) is 3.60. The number of carbonyl (C=O) groups excluding carboxylic acids is 4. The standard InChI is InChI=1S/C39H52N8O5/c1-7-13-32(45-38(51)33(23-39(4,5)6)46-36(49)28-18-20-47(52)21-19-28)37(50)42-29(22-27-14-9-8-10-15-27)24-40-26(3)35(48)41-25(2)34-43-30-16-11-12-17-31(30)44-34/h8-12,14-21,25-26,29,32-33,40H,7,13,22-24H2,1-6H3,(H,41,48)(H,42,50)(H,43,44)(H,45,51)(H,46,49)/t25?,26-,29-,32-,33-/m0/s1. The Morgan fingerprint density at radius 2 is 1.48 bits per heavy atom. The van der Waals surface area contributed by atoms with Crippen LogP contribution in [0.15, 0.2) is 79.1 Å². The maximum atomic E-state index is 13.8. The average molecular weight is 713 g/mol. The van der Waals surface area contributed by atoms with E-state index in [9.17, 15) is 24.4 Å². The number of fused-ring (bicyclic) bond motifs is 1. The number of nitrogens with one attached hydrogen (secondary N) is 6. The van der Waals surface area contributed by atoms with Gasteiger partial charge in [-0.15, -0.1) is 0 Å². The molecule has 4 aromatic rings. The molecule has 0 aliphatic heterocycles. The van der Waals surface area contributed by atoms with Gasteiger partial charge in [0, 0.05) is 24.7 Å². The largest absolute Gasteiger partial charge is 0.619 e. The summed E-state index contributed by atoms with van der Waals surface area (Å²) >= 11 is 0. The highest BCUT2D eigenvalue weighted by molar-refractivity contribution is 5.98. The molecule has 13 nitrogen and oxygen atoms in total. The first-order chi connectivity index (χ1) is 24.7. The molecule has 13 heteroatoms. The number of rotatable bonds is 17. The second kappa shape index (κ2) is 18.3. The summed E-state index contributed by atoms with van der Waals surface area (Å²) in [4.78, 5) is 61.6. The number of para-hydroxylation sites is 2. The van der Waals surface area contributed by atoms with Gasteiger partial charge in [-0.05, 0) is 56.2 Å². The SMILES string of the molecule is CCC[C@H](NC(=O)[C@H](CC(C)(C)C)NC(=O)c1cc[n+]([O-])cc1)C(=O)N[C@H](CN[C@@H](C)C(=O)NC(C)c1nc2ccccc2[nH]1)Cc1ccccc1. The van der Waals surface area contributed by atoms with E-state index in [4.69, 9.17) is 0 Å². The lowest BCUT2D eigenvalue weighted by atomic mass is 9.87. The second-order valence-corrected chi connectivity index (χ2v) is 14.5. The Hall–Kier alpha value is -5.30. The van der Waals surface area contributed by atoms with Crippen LogP contribution in [0.25, 0.3) is 11.0 Å². The number of hydrogen-bond acceptors (Lipinski definition) is 7. The zero-order valence-electron chi connectivity index (χ0n) is 30.9. The molecule has 5 atom stereocenters. The van der Waals surface area contributed by atoms with E-state index in [1.807, 2.05) is 89.2 Å². The summed E-state index contributed by atoms with van der Waals surface area (Å²) in [5.74, 6) is -0.906. The van der Waals surface area contributed by atoms with Gasteiger partial charge in [0.05, 0.1) is 28.7 Å². The van der Waals surface area contributed by atoms with E-state index in [1.165, 1.54) is 24.5 Å². The average Bonchev–Trinajstić information content (AvgIpc) is 3.55. The van der Waals surface area contributed by atoms with Crippen LogP contribution in [-0.2, 0) is 20.8 Å². The van der Waals surface area contributed by atoms with Gasteiger partial charge in [0.15, 0.2) is 12.4 Å². The number of nitrogens with zero attached hydrogens (tertiary/aromatic N) is 2. The van der Waals surface area contributed by atoms with Crippen molar-refractivity contribution in [3.8, 4) is 0 Å². The molecule has 1 unspecified atom stereocenters. The summed E-state index contributed by atoms with van der Waals surface area (Å²) in [6.07, 6.45) is 4.22. The summed E-state index contributed by atoms with van der Waals surface area (Å²) in [6.45, 7) is 11.7. The molecule has 0 fully saturated rings. The molecule has 6 N–H and O–H groups in total. The van der Waals surface area contributed by atoms with Crippen LogP contribution in [0.1, 0.15) is 88.6 Å². The third-order valence-electron chi connectivity index (χ3n) is 8.62. The van der Waals surface area contributed by atoms with Crippen LogP contribution in [0, 0.1) is 10.6 Å². The zero-order valence-corrected chi connectivity index (χ0v) is 30.9. The van der Waals surface area contributed by atoms with Crippen molar-refractivity contribution in [1.29, 1.82) is 0 Å². The number of aromatic amines is 1. The summed E-state index contributed by atoms with van der Waals surface area (Å²) in [6, 6.07) is 17.0. The quantitative estimate of drug-likeness (QED) is 0.0714. The first kappa shape index (κ1) is 39.5. The lowest BCUT2D eigenvalue weighted by Crippen LogP contribution is -2.57. The first-order valence-electron chi connectivity index (χ1n) is 17.8. The van der Waals surface area contributed by atoms with Gasteiger partial charge in [-0.25, -0.2) is 4.98 Å². The van der Waals surface area contributed by atoms with Crippen molar-refractivity contribution in [2.24, 2.45) is 5.41 Å². The van der Waals surface area contributed by atoms with Gasteiger partial charge in [-0.3, -0.25) is 19.2 Å². The fourth-order valence-corrected chi connectivity index (χ4v) is 5.83.